The van der Waals surface area contributed by atoms with Crippen molar-refractivity contribution in [1.29, 1.82) is 0 Å². The lowest BCUT2D eigenvalue weighted by atomic mass is 10.5. The molecule has 2 saturated heterocycles. The van der Waals surface area contributed by atoms with E-state index < -0.39 is 8.56 Å². The fourth-order valence-corrected chi connectivity index (χ4v) is 3.47. The number of epoxide rings is 2. The smallest absolute Gasteiger partial charge is 0.332 e. The molecule has 2 fully saturated rings. The van der Waals surface area contributed by atoms with Crippen LogP contribution in [0.3, 0.4) is 0 Å². The van der Waals surface area contributed by atoms with E-state index in [2.05, 4.69) is 0 Å². The Morgan fingerprint density at radius 3 is 1.68 bits per heavy atom. The van der Waals surface area contributed by atoms with Crippen LogP contribution < -0.4 is 0 Å². The van der Waals surface area contributed by atoms with Gasteiger partial charge in [0, 0.05) is 13.2 Å². The summed E-state index contributed by atoms with van der Waals surface area (Å²) in [6.45, 7) is 4.00. The van der Waals surface area contributed by atoms with Crippen molar-refractivity contribution in [2.75, 3.05) is 39.6 Å². The summed E-state index contributed by atoms with van der Waals surface area (Å²) in [4.78, 5) is 19.8. The van der Waals surface area contributed by atoms with E-state index in [1.54, 1.807) is 0 Å². The van der Waals surface area contributed by atoms with Crippen molar-refractivity contribution in [1.82, 2.24) is 0 Å². The van der Waals surface area contributed by atoms with Crippen LogP contribution in [0.2, 0.25) is 12.1 Å². The van der Waals surface area contributed by atoms with Crippen LogP contribution >= 0.6 is 0 Å². The maximum Gasteiger partial charge on any atom is 0.332 e. The van der Waals surface area contributed by atoms with E-state index in [1.807, 2.05) is 0 Å². The fraction of sp³-hybridized carbons (Fsp3) is 1.00. The Balaban J connectivity index is 1.38. The highest BCUT2D eigenvalue weighted by molar-refractivity contribution is 6.64. The van der Waals surface area contributed by atoms with E-state index in [-0.39, 0.29) is 12.2 Å². The minimum atomic E-state index is -3.05. The molecule has 2 aliphatic rings. The summed E-state index contributed by atoms with van der Waals surface area (Å²) in [5, 5.41) is 0. The van der Waals surface area contributed by atoms with Gasteiger partial charge in [0.05, 0.1) is 26.4 Å². The van der Waals surface area contributed by atoms with E-state index in [1.165, 1.54) is 0 Å². The summed E-state index contributed by atoms with van der Waals surface area (Å²) in [7, 11) is -3.05. The maximum absolute atomic E-state index is 9.89. The van der Waals surface area contributed by atoms with Crippen molar-refractivity contribution >= 4 is 8.56 Å². The average Bonchev–Trinajstić information content (AvgIpc) is 3.23. The van der Waals surface area contributed by atoms with Gasteiger partial charge in [-0.25, -0.2) is 0 Å². The number of ether oxygens (including phenoxy) is 4. The second-order valence-electron chi connectivity index (χ2n) is 5.25. The van der Waals surface area contributed by atoms with E-state index in [0.717, 1.165) is 13.2 Å². The molecule has 2 rings (SSSR count). The van der Waals surface area contributed by atoms with E-state index in [4.69, 9.17) is 18.9 Å². The Morgan fingerprint density at radius 2 is 1.32 bits per heavy atom. The summed E-state index contributed by atoms with van der Waals surface area (Å²) in [6.07, 6.45) is 1.95. The van der Waals surface area contributed by atoms with Crippen molar-refractivity contribution in [3.63, 3.8) is 0 Å². The molecule has 2 heterocycles. The molecule has 0 spiro atoms. The first-order chi connectivity index (χ1) is 9.16. The van der Waals surface area contributed by atoms with Gasteiger partial charge in [-0.1, -0.05) is 0 Å². The van der Waals surface area contributed by atoms with E-state index >= 15 is 0 Å². The lowest BCUT2D eigenvalue weighted by molar-refractivity contribution is 0.113. The van der Waals surface area contributed by atoms with Crippen LogP contribution in [0.4, 0.5) is 0 Å². The van der Waals surface area contributed by atoms with Crippen molar-refractivity contribution < 1.29 is 28.5 Å². The highest BCUT2D eigenvalue weighted by Gasteiger charge is 2.28. The van der Waals surface area contributed by atoms with Crippen LogP contribution in [0.25, 0.3) is 0 Å². The summed E-state index contributed by atoms with van der Waals surface area (Å²) in [6, 6.07) is 0.925. The monoisotopic (exact) mass is 292 g/mol. The van der Waals surface area contributed by atoms with Crippen LogP contribution in [0.15, 0.2) is 0 Å². The average molecular weight is 292 g/mol. The van der Waals surface area contributed by atoms with Crippen LogP contribution in [0, 0.1) is 0 Å². The molecule has 2 N–H and O–H groups in total. The summed E-state index contributed by atoms with van der Waals surface area (Å²) < 4.78 is 20.8. The minimum absolute atomic E-state index is 0.276. The standard InChI is InChI=1S/C12H24O6Si/c13-19(14,5-1-3-15-7-11-9-17-11)6-2-4-16-8-12-10-18-12/h11-14H,1-10H2. The molecule has 7 heteroatoms. The molecule has 0 aromatic heterocycles. The van der Waals surface area contributed by atoms with Gasteiger partial charge < -0.3 is 28.5 Å². The second-order valence-corrected chi connectivity index (χ2v) is 8.21. The van der Waals surface area contributed by atoms with E-state index in [9.17, 15) is 9.59 Å². The van der Waals surface area contributed by atoms with Crippen molar-refractivity contribution in [3.8, 4) is 0 Å². The van der Waals surface area contributed by atoms with Gasteiger partial charge in [0.25, 0.3) is 0 Å². The van der Waals surface area contributed by atoms with Gasteiger partial charge in [-0.15, -0.1) is 0 Å². The Morgan fingerprint density at radius 1 is 0.895 bits per heavy atom. The fourth-order valence-electron chi connectivity index (χ4n) is 1.80. The molecular formula is C12H24O6Si. The quantitative estimate of drug-likeness (QED) is 0.300. The lowest BCUT2D eigenvalue weighted by Crippen LogP contribution is -2.34. The topological polar surface area (TPSA) is 84.0 Å². The largest absolute Gasteiger partial charge is 0.411 e. The van der Waals surface area contributed by atoms with Crippen LogP contribution in [0.5, 0.6) is 0 Å². The van der Waals surface area contributed by atoms with Gasteiger partial charge in [-0.2, -0.15) is 0 Å². The van der Waals surface area contributed by atoms with Crippen molar-refractivity contribution in [2.45, 2.75) is 37.1 Å². The Hall–Kier alpha value is -0.0231. The molecule has 6 nitrogen and oxygen atoms in total. The zero-order chi connectivity index (χ0) is 13.6. The van der Waals surface area contributed by atoms with Crippen molar-refractivity contribution in [2.24, 2.45) is 0 Å². The zero-order valence-corrected chi connectivity index (χ0v) is 12.3. The number of rotatable bonds is 12. The highest BCUT2D eigenvalue weighted by Crippen LogP contribution is 2.15. The maximum atomic E-state index is 9.89. The molecule has 0 aromatic carbocycles. The van der Waals surface area contributed by atoms with Crippen LogP contribution in [-0.2, 0) is 18.9 Å². The SMILES string of the molecule is O[Si](O)(CCCOCC1CO1)CCCOCC1CO1. The minimum Gasteiger partial charge on any atom is -0.411 e. The third-order valence-corrected chi connectivity index (χ3v) is 5.45. The first-order valence-corrected chi connectivity index (χ1v) is 9.30. The molecule has 0 bridgehead atoms. The van der Waals surface area contributed by atoms with Crippen molar-refractivity contribution in [3.05, 3.63) is 0 Å². The Labute approximate surface area is 114 Å². The highest BCUT2D eigenvalue weighted by atomic mass is 28.4. The van der Waals surface area contributed by atoms with Gasteiger partial charge >= 0.3 is 8.56 Å². The normalized spacial score (nSPS) is 25.6. The molecule has 0 radical (unpaired) electrons. The molecular weight excluding hydrogens is 268 g/mol. The lowest BCUT2D eigenvalue weighted by Gasteiger charge is -2.17. The Bertz CT molecular complexity index is 231. The molecule has 19 heavy (non-hydrogen) atoms. The first-order valence-electron chi connectivity index (χ1n) is 6.99. The molecule has 2 atom stereocenters. The van der Waals surface area contributed by atoms with E-state index in [0.29, 0.717) is 51.4 Å². The predicted octanol–water partition coefficient (Wildman–Crippen LogP) is 0.0242. The van der Waals surface area contributed by atoms with Gasteiger partial charge in [0.15, 0.2) is 0 Å². The molecule has 0 amide bonds. The van der Waals surface area contributed by atoms with Gasteiger partial charge in [-0.3, -0.25) is 0 Å². The second kappa shape index (κ2) is 7.68. The summed E-state index contributed by atoms with van der Waals surface area (Å²) in [5.74, 6) is 0. The van der Waals surface area contributed by atoms with Crippen LogP contribution in [-0.4, -0.2) is 70.0 Å². The number of hydrogen-bond donors (Lipinski definition) is 2. The third kappa shape index (κ3) is 7.98. The number of hydrogen-bond acceptors (Lipinski definition) is 6. The summed E-state index contributed by atoms with van der Waals surface area (Å²) in [5.41, 5.74) is 0. The third-order valence-electron chi connectivity index (χ3n) is 3.14. The molecule has 0 aromatic rings. The summed E-state index contributed by atoms with van der Waals surface area (Å²) >= 11 is 0. The zero-order valence-electron chi connectivity index (χ0n) is 11.3. The predicted molar refractivity (Wildman–Crippen MR) is 70.2 cm³/mol. The van der Waals surface area contributed by atoms with Crippen LogP contribution in [0.1, 0.15) is 12.8 Å². The molecule has 2 unspecified atom stereocenters. The molecule has 0 aliphatic carbocycles. The van der Waals surface area contributed by atoms with Gasteiger partial charge in [0.1, 0.15) is 12.2 Å². The molecule has 112 valence electrons. The molecule has 2 aliphatic heterocycles. The first kappa shape index (κ1) is 15.4. The van der Waals surface area contributed by atoms with Gasteiger partial charge in [-0.05, 0) is 24.9 Å². The molecule has 0 saturated carbocycles. The van der Waals surface area contributed by atoms with Gasteiger partial charge in [0.2, 0.25) is 0 Å². The Kier molecular flexibility index (Phi) is 6.21.